The molecule has 0 radical (unpaired) electrons. The lowest BCUT2D eigenvalue weighted by molar-refractivity contribution is -0.159. The van der Waals surface area contributed by atoms with Gasteiger partial charge in [-0.3, -0.25) is 0 Å². The van der Waals surface area contributed by atoms with Crippen molar-refractivity contribution in [2.45, 2.75) is 25.9 Å². The van der Waals surface area contributed by atoms with Crippen LogP contribution in [0.1, 0.15) is 13.8 Å². The van der Waals surface area contributed by atoms with Crippen molar-refractivity contribution in [2.24, 2.45) is 0 Å². The van der Waals surface area contributed by atoms with Gasteiger partial charge in [0.1, 0.15) is 0 Å². The molecule has 1 aromatic heterocycles. The van der Waals surface area contributed by atoms with E-state index in [1.807, 2.05) is 0 Å². The lowest BCUT2D eigenvalue weighted by Gasteiger charge is -2.39. The van der Waals surface area contributed by atoms with Gasteiger partial charge in [-0.05, 0) is 26.0 Å². The fourth-order valence-corrected chi connectivity index (χ4v) is 2.83. The van der Waals surface area contributed by atoms with E-state index in [4.69, 9.17) is 35.8 Å². The van der Waals surface area contributed by atoms with Crippen molar-refractivity contribution < 1.29 is 28.6 Å². The first kappa shape index (κ1) is 19.0. The second-order valence-corrected chi connectivity index (χ2v) is 6.18. The highest BCUT2D eigenvalue weighted by molar-refractivity contribution is 6.32. The SMILES string of the molecule is C[C@H]1CN(c2cc(Cl)c(F)c3ccoc23)[C@@H](C)CN1.O=C(O)C(=O)O. The summed E-state index contributed by atoms with van der Waals surface area (Å²) in [6, 6.07) is 3.98. The van der Waals surface area contributed by atoms with E-state index >= 15 is 0 Å². The summed E-state index contributed by atoms with van der Waals surface area (Å²) < 4.78 is 19.4. The normalized spacial score (nSPS) is 20.1. The Labute approximate surface area is 148 Å². The van der Waals surface area contributed by atoms with Gasteiger partial charge in [-0.15, -0.1) is 0 Å². The summed E-state index contributed by atoms with van der Waals surface area (Å²) in [5.41, 5.74) is 1.44. The van der Waals surface area contributed by atoms with Gasteiger partial charge in [0.15, 0.2) is 11.4 Å². The van der Waals surface area contributed by atoms with Crippen LogP contribution in [0.4, 0.5) is 10.1 Å². The zero-order valence-corrected chi connectivity index (χ0v) is 14.4. The predicted molar refractivity (Wildman–Crippen MR) is 90.7 cm³/mol. The number of furan rings is 1. The molecule has 2 heterocycles. The minimum absolute atomic E-state index is 0.141. The summed E-state index contributed by atoms with van der Waals surface area (Å²) >= 11 is 5.99. The van der Waals surface area contributed by atoms with E-state index in [0.717, 1.165) is 18.8 Å². The van der Waals surface area contributed by atoms with Crippen molar-refractivity contribution in [1.29, 1.82) is 0 Å². The number of fused-ring (bicyclic) bond motifs is 1. The van der Waals surface area contributed by atoms with Crippen LogP contribution in [0.5, 0.6) is 0 Å². The van der Waals surface area contributed by atoms with Crippen molar-refractivity contribution in [3.8, 4) is 0 Å². The Bertz CT molecular complexity index is 782. The molecule has 0 aliphatic carbocycles. The van der Waals surface area contributed by atoms with Crippen LogP contribution in [0.25, 0.3) is 11.0 Å². The highest BCUT2D eigenvalue weighted by Crippen LogP contribution is 2.35. The molecular weight excluding hydrogens is 355 g/mol. The van der Waals surface area contributed by atoms with E-state index < -0.39 is 17.8 Å². The van der Waals surface area contributed by atoms with Gasteiger partial charge in [-0.25, -0.2) is 14.0 Å². The maximum absolute atomic E-state index is 13.9. The quantitative estimate of drug-likeness (QED) is 0.661. The summed E-state index contributed by atoms with van der Waals surface area (Å²) in [5, 5.41) is 18.8. The van der Waals surface area contributed by atoms with Crippen LogP contribution in [0, 0.1) is 5.82 Å². The third kappa shape index (κ3) is 4.21. The highest BCUT2D eigenvalue weighted by Gasteiger charge is 2.26. The molecule has 0 unspecified atom stereocenters. The van der Waals surface area contributed by atoms with Crippen LogP contribution >= 0.6 is 11.6 Å². The number of carboxylic acid groups (broad SMARTS) is 2. The molecule has 0 bridgehead atoms. The van der Waals surface area contributed by atoms with Crippen molar-refractivity contribution in [3.63, 3.8) is 0 Å². The Morgan fingerprint density at radius 3 is 2.60 bits per heavy atom. The van der Waals surface area contributed by atoms with E-state index in [9.17, 15) is 4.39 Å². The highest BCUT2D eigenvalue weighted by atomic mass is 35.5. The molecule has 1 aliphatic heterocycles. The Morgan fingerprint density at radius 1 is 1.36 bits per heavy atom. The minimum atomic E-state index is -1.82. The van der Waals surface area contributed by atoms with Gasteiger partial charge >= 0.3 is 11.9 Å². The topological polar surface area (TPSA) is 103 Å². The lowest BCUT2D eigenvalue weighted by Crippen LogP contribution is -2.54. The molecule has 2 atom stereocenters. The zero-order chi connectivity index (χ0) is 18.7. The number of anilines is 1. The summed E-state index contributed by atoms with van der Waals surface area (Å²) in [5.74, 6) is -4.06. The molecule has 1 aliphatic rings. The number of piperazine rings is 1. The molecule has 1 fully saturated rings. The van der Waals surface area contributed by atoms with Crippen molar-refractivity contribution >= 4 is 40.2 Å². The second kappa shape index (κ2) is 7.71. The Hall–Kier alpha value is -2.32. The molecular formula is C16H18ClFN2O5. The molecule has 7 nitrogen and oxygen atoms in total. The van der Waals surface area contributed by atoms with E-state index in [1.54, 1.807) is 12.1 Å². The van der Waals surface area contributed by atoms with Gasteiger partial charge in [0, 0.05) is 25.2 Å². The number of hydrogen-bond donors (Lipinski definition) is 3. The fraction of sp³-hybridized carbons (Fsp3) is 0.375. The molecule has 0 spiro atoms. The van der Waals surface area contributed by atoms with Crippen LogP contribution in [-0.2, 0) is 9.59 Å². The molecule has 1 saturated heterocycles. The molecule has 0 amide bonds. The number of hydrogen-bond acceptors (Lipinski definition) is 5. The first-order chi connectivity index (χ1) is 11.7. The van der Waals surface area contributed by atoms with E-state index in [1.165, 1.54) is 6.26 Å². The maximum atomic E-state index is 13.9. The number of benzene rings is 1. The number of rotatable bonds is 1. The molecule has 136 valence electrons. The Kier molecular flexibility index (Phi) is 5.86. The molecule has 2 aromatic rings. The predicted octanol–water partition coefficient (Wildman–Crippen LogP) is 2.57. The van der Waals surface area contributed by atoms with Crippen molar-refractivity contribution in [2.75, 3.05) is 18.0 Å². The monoisotopic (exact) mass is 372 g/mol. The molecule has 3 N–H and O–H groups in total. The third-order valence-corrected chi connectivity index (χ3v) is 4.14. The third-order valence-electron chi connectivity index (χ3n) is 3.86. The number of carboxylic acids is 2. The summed E-state index contributed by atoms with van der Waals surface area (Å²) in [6.45, 7) is 5.99. The minimum Gasteiger partial charge on any atom is -0.473 e. The first-order valence-corrected chi connectivity index (χ1v) is 7.91. The van der Waals surface area contributed by atoms with Crippen LogP contribution in [0.15, 0.2) is 22.8 Å². The zero-order valence-electron chi connectivity index (χ0n) is 13.6. The van der Waals surface area contributed by atoms with Crippen LogP contribution in [-0.4, -0.2) is 47.3 Å². The summed E-state index contributed by atoms with van der Waals surface area (Å²) in [7, 11) is 0. The lowest BCUT2D eigenvalue weighted by atomic mass is 10.1. The van der Waals surface area contributed by atoms with Gasteiger partial charge in [-0.2, -0.15) is 0 Å². The largest absolute Gasteiger partial charge is 0.473 e. The average molecular weight is 373 g/mol. The van der Waals surface area contributed by atoms with E-state index in [2.05, 4.69) is 24.1 Å². The number of aliphatic carboxylic acids is 2. The standard InChI is InChI=1S/C14H16ClFN2O.C2H2O4/c1-8-7-18(9(2)6-17-8)12-5-11(15)13(16)10-3-4-19-14(10)12;3-1(4)2(5)6/h3-5,8-9,17H,6-7H2,1-2H3;(H,3,4)(H,5,6)/t8-,9-;/m0./s1. The average Bonchev–Trinajstić information content (AvgIpc) is 3.04. The van der Waals surface area contributed by atoms with Gasteiger partial charge < -0.3 is 24.8 Å². The Balaban J connectivity index is 0.000000326. The molecule has 0 saturated carbocycles. The second-order valence-electron chi connectivity index (χ2n) is 5.78. The van der Waals surface area contributed by atoms with Crippen molar-refractivity contribution in [1.82, 2.24) is 5.32 Å². The molecule has 9 heteroatoms. The van der Waals surface area contributed by atoms with E-state index in [0.29, 0.717) is 23.1 Å². The van der Waals surface area contributed by atoms with Crippen LogP contribution < -0.4 is 10.2 Å². The number of halogens is 2. The van der Waals surface area contributed by atoms with E-state index in [-0.39, 0.29) is 5.02 Å². The van der Waals surface area contributed by atoms with Crippen LogP contribution in [0.2, 0.25) is 5.02 Å². The smallest absolute Gasteiger partial charge is 0.414 e. The summed E-state index contributed by atoms with van der Waals surface area (Å²) in [6.07, 6.45) is 1.50. The van der Waals surface area contributed by atoms with Gasteiger partial charge in [0.05, 0.1) is 22.4 Å². The molecule has 25 heavy (non-hydrogen) atoms. The number of nitrogens with zero attached hydrogens (tertiary/aromatic N) is 1. The summed E-state index contributed by atoms with van der Waals surface area (Å²) in [4.78, 5) is 20.4. The first-order valence-electron chi connectivity index (χ1n) is 7.53. The molecule has 3 rings (SSSR count). The Morgan fingerprint density at radius 2 is 2.00 bits per heavy atom. The van der Waals surface area contributed by atoms with Crippen LogP contribution in [0.3, 0.4) is 0 Å². The number of nitrogens with one attached hydrogen (secondary N) is 1. The van der Waals surface area contributed by atoms with Crippen molar-refractivity contribution in [3.05, 3.63) is 29.2 Å². The molecule has 1 aromatic carbocycles. The van der Waals surface area contributed by atoms with Gasteiger partial charge in [-0.1, -0.05) is 11.6 Å². The maximum Gasteiger partial charge on any atom is 0.414 e. The van der Waals surface area contributed by atoms with Gasteiger partial charge in [0.2, 0.25) is 0 Å². The fourth-order valence-electron chi connectivity index (χ4n) is 2.63. The van der Waals surface area contributed by atoms with Gasteiger partial charge in [0.25, 0.3) is 0 Å². The number of carbonyl (C=O) groups is 2.